The number of nitrogens with zero attached hydrogens (tertiary/aromatic N) is 4. The summed E-state index contributed by atoms with van der Waals surface area (Å²) in [6.45, 7) is 3.27. The summed E-state index contributed by atoms with van der Waals surface area (Å²) in [6, 6.07) is 23.8. The molecule has 0 amide bonds. The normalized spacial score (nSPS) is 11.5. The molecule has 0 heterocycles. The summed E-state index contributed by atoms with van der Waals surface area (Å²) in [7, 11) is -9.12. The van der Waals surface area contributed by atoms with Crippen LogP contribution in [0.25, 0.3) is 21.5 Å². The van der Waals surface area contributed by atoms with E-state index < -0.39 is 64.6 Å². The summed E-state index contributed by atoms with van der Waals surface area (Å²) in [5.74, 6) is -4.50. The topological polar surface area (TPSA) is 279 Å². The second-order valence-corrected chi connectivity index (χ2v) is 14.3. The third-order valence-corrected chi connectivity index (χ3v) is 9.48. The Morgan fingerprint density at radius 2 is 0.875 bits per heavy atom. The van der Waals surface area contributed by atoms with Gasteiger partial charge in [-0.25, -0.2) is 9.59 Å². The van der Waals surface area contributed by atoms with Crippen molar-refractivity contribution < 1.29 is 115 Å². The van der Waals surface area contributed by atoms with Crippen LogP contribution in [-0.4, -0.2) is 48.1 Å². The third-order valence-electron chi connectivity index (χ3n) is 7.71. The van der Waals surface area contributed by atoms with E-state index in [1.165, 1.54) is 36.4 Å². The molecule has 16 nitrogen and oxygen atoms in total. The van der Waals surface area contributed by atoms with E-state index in [1.807, 2.05) is 0 Å². The third kappa shape index (κ3) is 10.4. The first-order chi connectivity index (χ1) is 25.4. The Kier molecular flexibility index (Phi) is 15.2. The molecule has 0 aromatic heterocycles. The van der Waals surface area contributed by atoms with Gasteiger partial charge in [0, 0.05) is 10.8 Å². The molecule has 0 aliphatic carbocycles. The van der Waals surface area contributed by atoms with Crippen LogP contribution in [0.1, 0.15) is 31.8 Å². The number of aromatic carboxylic acids is 2. The van der Waals surface area contributed by atoms with Crippen LogP contribution in [0.15, 0.2) is 127 Å². The summed E-state index contributed by atoms with van der Waals surface area (Å²) < 4.78 is 64.9. The molecule has 0 atom stereocenters. The van der Waals surface area contributed by atoms with Gasteiger partial charge in [0.2, 0.25) is 0 Å². The Hall–Kier alpha value is -4.60. The van der Waals surface area contributed by atoms with Crippen LogP contribution in [0, 0.1) is 13.8 Å². The quantitative estimate of drug-likeness (QED) is 0.0958. The number of benzene rings is 6. The van der Waals surface area contributed by atoms with Crippen molar-refractivity contribution in [1.29, 1.82) is 0 Å². The van der Waals surface area contributed by atoms with Gasteiger partial charge in [-0.1, -0.05) is 72.2 Å². The van der Waals surface area contributed by atoms with Gasteiger partial charge in [-0.3, -0.25) is 9.11 Å². The van der Waals surface area contributed by atoms with Crippen molar-refractivity contribution in [2.45, 2.75) is 23.6 Å². The number of hydrogen-bond acceptors (Lipinski definition) is 12. The second kappa shape index (κ2) is 18.6. The minimum Gasteiger partial charge on any atom is -0.870 e. The van der Waals surface area contributed by atoms with Gasteiger partial charge in [0.05, 0.1) is 22.5 Å². The second-order valence-electron chi connectivity index (χ2n) is 11.5. The van der Waals surface area contributed by atoms with Crippen LogP contribution in [0.5, 0.6) is 11.5 Å². The average Bonchev–Trinajstić information content (AvgIpc) is 3.10. The summed E-state index contributed by atoms with van der Waals surface area (Å²) >= 11 is 0. The van der Waals surface area contributed by atoms with Gasteiger partial charge in [0.1, 0.15) is 21.2 Å². The molecule has 0 radical (unpaired) electrons. The fraction of sp³-hybridized carbons (Fsp3) is 0.0556. The van der Waals surface area contributed by atoms with Gasteiger partial charge < -0.3 is 20.4 Å². The summed E-state index contributed by atoms with van der Waals surface area (Å²) in [6.07, 6.45) is 0. The number of carbonyl (C=O) groups is 2. The van der Waals surface area contributed by atoms with Crippen LogP contribution < -0.4 is 69.3 Å². The molecule has 6 rings (SSSR count). The molecular weight excluding hydrogens is 791 g/mol. The average molecular weight is 817 g/mol. The summed E-state index contributed by atoms with van der Waals surface area (Å²) in [5.41, 5.74) is -0.601. The monoisotopic (exact) mass is 816 g/mol. The zero-order chi connectivity index (χ0) is 39.5. The number of carboxylic acid groups (broad SMARTS) is 2. The summed E-state index contributed by atoms with van der Waals surface area (Å²) in [4.78, 5) is 21.7. The van der Waals surface area contributed by atoms with E-state index in [-0.39, 0.29) is 81.9 Å². The maximum atomic E-state index is 12.5. The molecule has 0 spiro atoms. The molecule has 0 bridgehead atoms. The molecule has 0 aliphatic heterocycles. The number of rotatable bonds is 8. The van der Waals surface area contributed by atoms with E-state index in [0.29, 0.717) is 32.7 Å². The molecule has 276 valence electrons. The predicted octanol–water partition coefficient (Wildman–Crippen LogP) is 1.17. The molecule has 0 fully saturated rings. The zero-order valence-corrected chi connectivity index (χ0v) is 35.5. The molecule has 0 aliphatic rings. The maximum Gasteiger partial charge on any atom is 1.00 e. The molecule has 0 saturated heterocycles. The van der Waals surface area contributed by atoms with Crippen LogP contribution in [0.4, 0.5) is 22.7 Å². The van der Waals surface area contributed by atoms with Gasteiger partial charge in [0.15, 0.2) is 0 Å². The fourth-order valence-electron chi connectivity index (χ4n) is 5.16. The van der Waals surface area contributed by atoms with E-state index in [0.717, 1.165) is 0 Å². The van der Waals surface area contributed by atoms with Crippen molar-refractivity contribution in [1.82, 2.24) is 0 Å². The fourth-order valence-corrected chi connectivity index (χ4v) is 6.58. The van der Waals surface area contributed by atoms with Gasteiger partial charge in [-0.2, -0.15) is 27.1 Å². The SMILES string of the molecule is Cc1ccc(N=Nc2c([O-])c(C(=O)O)cc3ccccc23)c(S(=O)(=O)O)c1.Cc1ccc(N=Nc2c([O-])c(C(=O)O)cc3ccccc23)c(S(=O)(=O)O)c1.[Na+].[Na+]. The molecule has 0 saturated carbocycles. The van der Waals surface area contributed by atoms with Crippen LogP contribution >= 0.6 is 0 Å². The van der Waals surface area contributed by atoms with Crippen molar-refractivity contribution in [3.05, 3.63) is 119 Å². The minimum atomic E-state index is -4.56. The van der Waals surface area contributed by atoms with Crippen molar-refractivity contribution in [2.24, 2.45) is 20.5 Å². The Labute approximate surface area is 363 Å². The smallest absolute Gasteiger partial charge is 0.870 e. The molecular formula is C36H26N4Na2O12S2. The number of carboxylic acids is 2. The van der Waals surface area contributed by atoms with E-state index in [1.54, 1.807) is 74.5 Å². The predicted molar refractivity (Wildman–Crippen MR) is 191 cm³/mol. The van der Waals surface area contributed by atoms with Gasteiger partial charge in [-0.05, 0) is 72.1 Å². The van der Waals surface area contributed by atoms with Crippen molar-refractivity contribution in [3.8, 4) is 11.5 Å². The first-order valence-corrected chi connectivity index (χ1v) is 18.2. The van der Waals surface area contributed by atoms with Crippen molar-refractivity contribution in [3.63, 3.8) is 0 Å². The Morgan fingerprint density at radius 3 is 1.20 bits per heavy atom. The Morgan fingerprint density at radius 1 is 0.536 bits per heavy atom. The molecule has 20 heteroatoms. The van der Waals surface area contributed by atoms with Gasteiger partial charge in [-0.15, -0.1) is 10.2 Å². The largest absolute Gasteiger partial charge is 1.00 e. The van der Waals surface area contributed by atoms with Crippen LogP contribution in [0.2, 0.25) is 0 Å². The van der Waals surface area contributed by atoms with Crippen molar-refractivity contribution >= 4 is 76.5 Å². The number of fused-ring (bicyclic) bond motifs is 2. The minimum absolute atomic E-state index is 0. The van der Waals surface area contributed by atoms with Crippen LogP contribution in [0.3, 0.4) is 0 Å². The first kappa shape index (κ1) is 45.8. The summed E-state index contributed by atoms with van der Waals surface area (Å²) in [5, 5.41) is 60.3. The van der Waals surface area contributed by atoms with Gasteiger partial charge in [0.25, 0.3) is 20.2 Å². The first-order valence-electron chi connectivity index (χ1n) is 15.3. The molecule has 56 heavy (non-hydrogen) atoms. The number of aryl methyl sites for hydroxylation is 2. The zero-order valence-electron chi connectivity index (χ0n) is 29.9. The number of hydrogen-bond donors (Lipinski definition) is 4. The van der Waals surface area contributed by atoms with Crippen molar-refractivity contribution in [2.75, 3.05) is 0 Å². The van der Waals surface area contributed by atoms with E-state index in [9.17, 15) is 56.0 Å². The van der Waals surface area contributed by atoms with E-state index in [4.69, 9.17) is 0 Å². The Balaban J connectivity index is 0.000000290. The number of azo groups is 2. The molecule has 6 aromatic rings. The standard InChI is InChI=1S/2C18H14N2O6S.2Na/c2*1-10-6-7-14(15(8-10)27(24,25)26)19-20-16-12-5-3-2-4-11(12)9-13(17(16)21)18(22)23;;/h2*2-9,21H,1H3,(H,22,23)(H,24,25,26);;/q;;2*+1/p-2. The van der Waals surface area contributed by atoms with Gasteiger partial charge >= 0.3 is 71.1 Å². The molecule has 6 aromatic carbocycles. The Bertz CT molecular complexity index is 2610. The molecule has 4 N–H and O–H groups in total. The molecule has 0 unspecified atom stereocenters. The maximum absolute atomic E-state index is 12.5. The van der Waals surface area contributed by atoms with E-state index >= 15 is 0 Å². The van der Waals surface area contributed by atoms with E-state index in [2.05, 4.69) is 20.5 Å². The van der Waals surface area contributed by atoms with Crippen LogP contribution in [-0.2, 0) is 20.2 Å².